The molecule has 2 aromatic carbocycles. The summed E-state index contributed by atoms with van der Waals surface area (Å²) in [5.41, 5.74) is 1.39. The molecule has 1 N–H and O–H groups in total. The molecule has 2 aromatic rings. The van der Waals surface area contributed by atoms with Gasteiger partial charge in [-0.05, 0) is 42.3 Å². The number of nitrogens with one attached hydrogen (secondary N) is 1. The highest BCUT2D eigenvalue weighted by atomic mass is 19.1. The fourth-order valence-electron chi connectivity index (χ4n) is 1.91. The van der Waals surface area contributed by atoms with Crippen molar-refractivity contribution in [2.75, 3.05) is 11.9 Å². The van der Waals surface area contributed by atoms with E-state index in [1.807, 2.05) is 31.2 Å². The van der Waals surface area contributed by atoms with E-state index in [-0.39, 0.29) is 5.82 Å². The van der Waals surface area contributed by atoms with Crippen molar-refractivity contribution in [3.8, 4) is 11.8 Å². The van der Waals surface area contributed by atoms with Crippen LogP contribution in [-0.2, 0) is 0 Å². The lowest BCUT2D eigenvalue weighted by Gasteiger charge is -2.14. The Balaban J connectivity index is 2.09. The summed E-state index contributed by atoms with van der Waals surface area (Å²) in [6, 6.07) is 15.1. The smallest absolute Gasteiger partial charge is 0.140 e. The molecule has 21 heavy (non-hydrogen) atoms. The van der Waals surface area contributed by atoms with Crippen molar-refractivity contribution >= 4 is 5.69 Å². The van der Waals surface area contributed by atoms with Crippen molar-refractivity contribution in [2.24, 2.45) is 0 Å². The lowest BCUT2D eigenvalue weighted by Crippen LogP contribution is -2.08. The van der Waals surface area contributed by atoms with Crippen LogP contribution in [-0.4, -0.2) is 6.61 Å². The summed E-state index contributed by atoms with van der Waals surface area (Å²) in [5.74, 6) is 0.447. The van der Waals surface area contributed by atoms with Crippen LogP contribution < -0.4 is 10.1 Å². The summed E-state index contributed by atoms with van der Waals surface area (Å²) < 4.78 is 18.7. The molecule has 0 fully saturated rings. The minimum absolute atomic E-state index is 0.333. The molecule has 4 heteroatoms. The zero-order valence-corrected chi connectivity index (χ0v) is 11.8. The van der Waals surface area contributed by atoms with Gasteiger partial charge in [0.05, 0.1) is 12.7 Å². The Labute approximate surface area is 124 Å². The maximum atomic E-state index is 13.2. The monoisotopic (exact) mass is 284 g/mol. The summed E-state index contributed by atoms with van der Waals surface area (Å²) in [7, 11) is 0. The number of anilines is 1. The van der Waals surface area contributed by atoms with E-state index >= 15 is 0 Å². The van der Waals surface area contributed by atoms with Crippen LogP contribution in [0.4, 0.5) is 10.1 Å². The first-order valence-corrected chi connectivity index (χ1v) is 6.87. The number of hydrogen-bond donors (Lipinski definition) is 1. The van der Waals surface area contributed by atoms with Crippen molar-refractivity contribution < 1.29 is 9.13 Å². The maximum absolute atomic E-state index is 13.2. The highest BCUT2D eigenvalue weighted by Crippen LogP contribution is 2.22. The van der Waals surface area contributed by atoms with E-state index in [2.05, 4.69) is 11.4 Å². The first kappa shape index (κ1) is 14.9. The van der Waals surface area contributed by atoms with Crippen LogP contribution in [0.3, 0.4) is 0 Å². The average molecular weight is 284 g/mol. The lowest BCUT2D eigenvalue weighted by molar-refractivity contribution is 0.317. The van der Waals surface area contributed by atoms with Crippen LogP contribution in [0.1, 0.15) is 24.9 Å². The Bertz CT molecular complexity index is 619. The zero-order valence-electron chi connectivity index (χ0n) is 11.8. The van der Waals surface area contributed by atoms with Crippen LogP contribution in [0.15, 0.2) is 48.5 Å². The van der Waals surface area contributed by atoms with Crippen molar-refractivity contribution in [3.05, 3.63) is 59.9 Å². The molecule has 0 radical (unpaired) electrons. The Morgan fingerprint density at radius 2 is 2.00 bits per heavy atom. The summed E-state index contributed by atoms with van der Waals surface area (Å²) >= 11 is 0. The molecule has 0 saturated carbocycles. The van der Waals surface area contributed by atoms with E-state index < -0.39 is 6.04 Å². The van der Waals surface area contributed by atoms with Gasteiger partial charge in [0.25, 0.3) is 0 Å². The average Bonchev–Trinajstić information content (AvgIpc) is 2.51. The summed E-state index contributed by atoms with van der Waals surface area (Å²) in [5, 5.41) is 12.3. The van der Waals surface area contributed by atoms with Gasteiger partial charge in [0, 0.05) is 5.69 Å². The number of benzene rings is 2. The zero-order chi connectivity index (χ0) is 15.1. The van der Waals surface area contributed by atoms with Crippen LogP contribution in [0.25, 0.3) is 0 Å². The van der Waals surface area contributed by atoms with E-state index in [4.69, 9.17) is 4.74 Å². The number of ether oxygens (including phenoxy) is 1. The summed E-state index contributed by atoms with van der Waals surface area (Å²) in [6.07, 6.45) is 0.948. The van der Waals surface area contributed by atoms with Crippen LogP contribution in [0.5, 0.6) is 5.75 Å². The molecular weight excluding hydrogens is 267 g/mol. The topological polar surface area (TPSA) is 45.0 Å². The standard InChI is InChI=1S/C17H17FN2O/c1-2-10-21-16-8-6-13(7-9-16)17(12-19)20-15-5-3-4-14(18)11-15/h3-9,11,17,20H,2,10H2,1H3. The van der Waals surface area contributed by atoms with Crippen molar-refractivity contribution in [1.82, 2.24) is 0 Å². The molecule has 1 unspecified atom stereocenters. The minimum Gasteiger partial charge on any atom is -0.494 e. The molecule has 0 heterocycles. The molecule has 0 aliphatic carbocycles. The third-order valence-corrected chi connectivity index (χ3v) is 2.95. The van der Waals surface area contributed by atoms with Crippen LogP contribution in [0, 0.1) is 17.1 Å². The second-order valence-electron chi connectivity index (χ2n) is 4.63. The summed E-state index contributed by atoms with van der Waals surface area (Å²) in [6.45, 7) is 2.71. The molecule has 0 aliphatic rings. The van der Waals surface area contributed by atoms with Crippen molar-refractivity contribution in [2.45, 2.75) is 19.4 Å². The van der Waals surface area contributed by atoms with E-state index in [1.165, 1.54) is 12.1 Å². The maximum Gasteiger partial charge on any atom is 0.140 e. The predicted molar refractivity (Wildman–Crippen MR) is 80.6 cm³/mol. The van der Waals surface area contributed by atoms with Gasteiger partial charge >= 0.3 is 0 Å². The fraction of sp³-hybridized carbons (Fsp3) is 0.235. The molecule has 0 amide bonds. The molecule has 0 saturated heterocycles. The highest BCUT2D eigenvalue weighted by Gasteiger charge is 2.10. The van der Waals surface area contributed by atoms with E-state index in [0.717, 1.165) is 17.7 Å². The Morgan fingerprint density at radius 1 is 1.24 bits per heavy atom. The van der Waals surface area contributed by atoms with Gasteiger partial charge in [-0.15, -0.1) is 0 Å². The van der Waals surface area contributed by atoms with E-state index in [0.29, 0.717) is 12.3 Å². The molecule has 0 bridgehead atoms. The number of hydrogen-bond acceptors (Lipinski definition) is 3. The van der Waals surface area contributed by atoms with Gasteiger partial charge in [-0.3, -0.25) is 0 Å². The normalized spacial score (nSPS) is 11.5. The first-order valence-electron chi connectivity index (χ1n) is 6.87. The van der Waals surface area contributed by atoms with Crippen molar-refractivity contribution in [3.63, 3.8) is 0 Å². The largest absolute Gasteiger partial charge is 0.494 e. The number of rotatable bonds is 6. The third-order valence-electron chi connectivity index (χ3n) is 2.95. The number of halogens is 1. The van der Waals surface area contributed by atoms with E-state index in [9.17, 15) is 9.65 Å². The van der Waals surface area contributed by atoms with Gasteiger partial charge in [-0.25, -0.2) is 4.39 Å². The Morgan fingerprint density at radius 3 is 2.62 bits per heavy atom. The van der Waals surface area contributed by atoms with Gasteiger partial charge in [-0.2, -0.15) is 5.26 Å². The number of nitrogens with zero attached hydrogens (tertiary/aromatic N) is 1. The van der Waals surface area contributed by atoms with Gasteiger partial charge in [0.1, 0.15) is 17.6 Å². The molecule has 1 atom stereocenters. The molecule has 0 spiro atoms. The Hall–Kier alpha value is -2.54. The predicted octanol–water partition coefficient (Wildman–Crippen LogP) is 4.29. The molecule has 0 aliphatic heterocycles. The minimum atomic E-state index is -0.535. The third kappa shape index (κ3) is 4.22. The molecule has 2 rings (SSSR count). The molecular formula is C17H17FN2O. The van der Waals surface area contributed by atoms with Gasteiger partial charge in [0.2, 0.25) is 0 Å². The Kier molecular flexibility index (Phi) is 5.16. The van der Waals surface area contributed by atoms with Gasteiger partial charge in [0.15, 0.2) is 0 Å². The quantitative estimate of drug-likeness (QED) is 0.860. The van der Waals surface area contributed by atoms with Gasteiger partial charge < -0.3 is 10.1 Å². The van der Waals surface area contributed by atoms with Gasteiger partial charge in [-0.1, -0.05) is 25.1 Å². The molecule has 108 valence electrons. The molecule has 3 nitrogen and oxygen atoms in total. The molecule has 0 aromatic heterocycles. The lowest BCUT2D eigenvalue weighted by atomic mass is 10.1. The summed E-state index contributed by atoms with van der Waals surface area (Å²) in [4.78, 5) is 0. The van der Waals surface area contributed by atoms with Crippen molar-refractivity contribution in [1.29, 1.82) is 5.26 Å². The number of nitriles is 1. The van der Waals surface area contributed by atoms with Crippen LogP contribution in [0.2, 0.25) is 0 Å². The second kappa shape index (κ2) is 7.30. The highest BCUT2D eigenvalue weighted by molar-refractivity contribution is 5.48. The first-order chi connectivity index (χ1) is 10.2. The second-order valence-corrected chi connectivity index (χ2v) is 4.63. The van der Waals surface area contributed by atoms with E-state index in [1.54, 1.807) is 12.1 Å². The van der Waals surface area contributed by atoms with Crippen LogP contribution >= 0.6 is 0 Å². The fourth-order valence-corrected chi connectivity index (χ4v) is 1.91. The SMILES string of the molecule is CCCOc1ccc(C(C#N)Nc2cccc(F)c2)cc1.